The first-order chi connectivity index (χ1) is 11.1. The fourth-order valence-electron chi connectivity index (χ4n) is 2.65. The first kappa shape index (κ1) is 15.4. The van der Waals surface area contributed by atoms with Crippen LogP contribution >= 0.6 is 11.3 Å². The number of ketones is 1. The van der Waals surface area contributed by atoms with Gasteiger partial charge >= 0.3 is 0 Å². The fraction of sp³-hybridized carbons (Fsp3) is 0.188. The molecule has 2 N–H and O–H groups in total. The number of β-amino-alcohol motifs (C(OH)–C–C–N with tert-alkyl or cyclic N) is 1. The number of nitrogens with zero attached hydrogens (tertiary/aromatic N) is 2. The number of pyridine rings is 1. The van der Waals surface area contributed by atoms with Gasteiger partial charge in [0.05, 0.1) is 23.1 Å². The monoisotopic (exact) mass is 330 g/mol. The predicted molar refractivity (Wildman–Crippen MR) is 84.1 cm³/mol. The molecule has 1 aliphatic rings. The molecule has 0 aromatic carbocycles. The van der Waals surface area contributed by atoms with E-state index in [-0.39, 0.29) is 24.5 Å². The van der Waals surface area contributed by atoms with E-state index in [2.05, 4.69) is 4.98 Å². The van der Waals surface area contributed by atoms with E-state index >= 15 is 0 Å². The Morgan fingerprint density at radius 2 is 2.17 bits per heavy atom. The molecule has 3 rings (SSSR count). The SMILES string of the molecule is O=C(C1=C(O)C(=O)N(CCO)C1c1cccnc1)c1cccs1. The minimum Gasteiger partial charge on any atom is -0.503 e. The number of hydrogen-bond donors (Lipinski definition) is 2. The summed E-state index contributed by atoms with van der Waals surface area (Å²) in [5, 5.41) is 21.2. The van der Waals surface area contributed by atoms with Crippen molar-refractivity contribution in [3.63, 3.8) is 0 Å². The second-order valence-electron chi connectivity index (χ2n) is 4.98. The second kappa shape index (κ2) is 6.31. The Morgan fingerprint density at radius 3 is 2.78 bits per heavy atom. The Bertz CT molecular complexity index is 756. The van der Waals surface area contributed by atoms with Crippen LogP contribution in [0.4, 0.5) is 0 Å². The van der Waals surface area contributed by atoms with Crippen LogP contribution in [-0.2, 0) is 4.79 Å². The predicted octanol–water partition coefficient (Wildman–Crippen LogP) is 1.71. The first-order valence-electron chi connectivity index (χ1n) is 6.98. The summed E-state index contributed by atoms with van der Waals surface area (Å²) in [6.45, 7) is -0.250. The molecule has 0 radical (unpaired) electrons. The van der Waals surface area contributed by atoms with Crippen molar-refractivity contribution in [1.29, 1.82) is 0 Å². The number of aliphatic hydroxyl groups is 2. The van der Waals surface area contributed by atoms with Gasteiger partial charge in [-0.25, -0.2) is 0 Å². The maximum absolute atomic E-state index is 12.7. The summed E-state index contributed by atoms with van der Waals surface area (Å²) in [4.78, 5) is 30.8. The summed E-state index contributed by atoms with van der Waals surface area (Å²) < 4.78 is 0. The van der Waals surface area contributed by atoms with Crippen molar-refractivity contribution in [2.24, 2.45) is 0 Å². The highest BCUT2D eigenvalue weighted by atomic mass is 32.1. The molecule has 7 heteroatoms. The molecule has 3 heterocycles. The molecule has 1 amide bonds. The lowest BCUT2D eigenvalue weighted by molar-refractivity contribution is -0.129. The van der Waals surface area contributed by atoms with Crippen LogP contribution in [0.1, 0.15) is 21.3 Å². The van der Waals surface area contributed by atoms with Crippen LogP contribution in [0.3, 0.4) is 0 Å². The van der Waals surface area contributed by atoms with Crippen molar-refractivity contribution in [3.8, 4) is 0 Å². The summed E-state index contributed by atoms with van der Waals surface area (Å²) in [6.07, 6.45) is 3.13. The Morgan fingerprint density at radius 1 is 1.35 bits per heavy atom. The number of hydrogen-bond acceptors (Lipinski definition) is 6. The highest BCUT2D eigenvalue weighted by Gasteiger charge is 2.43. The minimum absolute atomic E-state index is 0.0175. The Kier molecular flexibility index (Phi) is 4.22. The van der Waals surface area contributed by atoms with Crippen LogP contribution in [0.2, 0.25) is 0 Å². The van der Waals surface area contributed by atoms with Gasteiger partial charge in [-0.15, -0.1) is 11.3 Å². The summed E-state index contributed by atoms with van der Waals surface area (Å²) in [7, 11) is 0. The standard InChI is InChI=1S/C16H14N2O4S/c19-7-6-18-13(10-3-1-5-17-9-10)12(15(21)16(18)22)14(20)11-4-2-8-23-11/h1-5,8-9,13,19,21H,6-7H2. The van der Waals surface area contributed by atoms with Gasteiger partial charge in [-0.2, -0.15) is 0 Å². The summed E-state index contributed by atoms with van der Waals surface area (Å²) in [5.74, 6) is -1.61. The number of carbonyl (C=O) groups excluding carboxylic acids is 2. The number of Topliss-reactive ketones (excluding diaryl/α,β-unsaturated/α-hetero) is 1. The van der Waals surface area contributed by atoms with Crippen LogP contribution in [0.5, 0.6) is 0 Å². The maximum Gasteiger partial charge on any atom is 0.290 e. The van der Waals surface area contributed by atoms with Gasteiger partial charge in [-0.05, 0) is 23.1 Å². The molecule has 1 atom stereocenters. The van der Waals surface area contributed by atoms with E-state index in [1.807, 2.05) is 0 Å². The Labute approximate surface area is 136 Å². The third-order valence-corrected chi connectivity index (χ3v) is 4.50. The van der Waals surface area contributed by atoms with Gasteiger partial charge in [-0.3, -0.25) is 14.6 Å². The molecule has 0 saturated carbocycles. The minimum atomic E-state index is -0.752. The van der Waals surface area contributed by atoms with E-state index in [1.165, 1.54) is 16.2 Å². The van der Waals surface area contributed by atoms with Crippen LogP contribution < -0.4 is 0 Å². The molecular weight excluding hydrogens is 316 g/mol. The third kappa shape index (κ3) is 2.64. The lowest BCUT2D eigenvalue weighted by Gasteiger charge is -2.25. The number of aromatic nitrogens is 1. The van der Waals surface area contributed by atoms with E-state index in [9.17, 15) is 19.8 Å². The van der Waals surface area contributed by atoms with Gasteiger partial charge < -0.3 is 15.1 Å². The average Bonchev–Trinajstić information content (AvgIpc) is 3.18. The van der Waals surface area contributed by atoms with Crippen molar-refractivity contribution >= 4 is 23.0 Å². The smallest absolute Gasteiger partial charge is 0.290 e. The number of amides is 1. The highest BCUT2D eigenvalue weighted by molar-refractivity contribution is 7.12. The van der Waals surface area contributed by atoms with E-state index < -0.39 is 17.7 Å². The van der Waals surface area contributed by atoms with Gasteiger partial charge in [0.25, 0.3) is 5.91 Å². The zero-order valence-electron chi connectivity index (χ0n) is 12.0. The quantitative estimate of drug-likeness (QED) is 0.815. The van der Waals surface area contributed by atoms with Gasteiger partial charge in [0, 0.05) is 18.9 Å². The van der Waals surface area contributed by atoms with Crippen molar-refractivity contribution in [3.05, 3.63) is 63.8 Å². The van der Waals surface area contributed by atoms with E-state index in [1.54, 1.807) is 42.0 Å². The maximum atomic E-state index is 12.7. The summed E-state index contributed by atoms with van der Waals surface area (Å²) in [5.41, 5.74) is 0.636. The Balaban J connectivity index is 2.10. The summed E-state index contributed by atoms with van der Waals surface area (Å²) in [6, 6.07) is 6.05. The average molecular weight is 330 g/mol. The molecule has 1 unspecified atom stereocenters. The largest absolute Gasteiger partial charge is 0.503 e. The molecule has 0 spiro atoms. The lowest BCUT2D eigenvalue weighted by atomic mass is 9.96. The molecule has 1 aliphatic heterocycles. The first-order valence-corrected chi connectivity index (χ1v) is 7.86. The molecule has 2 aromatic heterocycles. The molecule has 0 bridgehead atoms. The highest BCUT2D eigenvalue weighted by Crippen LogP contribution is 2.38. The topological polar surface area (TPSA) is 90.7 Å². The number of thiophene rings is 1. The molecule has 0 aliphatic carbocycles. The van der Waals surface area contributed by atoms with Crippen LogP contribution in [0.15, 0.2) is 53.4 Å². The molecule has 23 heavy (non-hydrogen) atoms. The molecular formula is C16H14N2O4S. The zero-order chi connectivity index (χ0) is 16.4. The Hall–Kier alpha value is -2.51. The van der Waals surface area contributed by atoms with E-state index in [0.717, 1.165) is 0 Å². The van der Waals surface area contributed by atoms with Crippen LogP contribution in [0, 0.1) is 0 Å². The van der Waals surface area contributed by atoms with Crippen molar-refractivity contribution < 1.29 is 19.8 Å². The molecule has 118 valence electrons. The molecule has 0 saturated heterocycles. The second-order valence-corrected chi connectivity index (χ2v) is 5.93. The van der Waals surface area contributed by atoms with Crippen LogP contribution in [-0.4, -0.2) is 44.9 Å². The molecule has 6 nitrogen and oxygen atoms in total. The zero-order valence-corrected chi connectivity index (χ0v) is 12.9. The summed E-state index contributed by atoms with van der Waals surface area (Å²) >= 11 is 1.24. The van der Waals surface area contributed by atoms with Gasteiger partial charge in [0.1, 0.15) is 0 Å². The van der Waals surface area contributed by atoms with E-state index in [4.69, 9.17) is 0 Å². The normalized spacial score (nSPS) is 17.9. The van der Waals surface area contributed by atoms with Crippen molar-refractivity contribution in [2.45, 2.75) is 6.04 Å². The molecule has 2 aromatic rings. The van der Waals surface area contributed by atoms with Gasteiger partial charge in [0.15, 0.2) is 5.76 Å². The van der Waals surface area contributed by atoms with Crippen molar-refractivity contribution in [1.82, 2.24) is 9.88 Å². The van der Waals surface area contributed by atoms with Crippen LogP contribution in [0.25, 0.3) is 0 Å². The number of aliphatic hydroxyl groups excluding tert-OH is 2. The van der Waals surface area contributed by atoms with Gasteiger partial charge in [-0.1, -0.05) is 12.1 Å². The van der Waals surface area contributed by atoms with Crippen molar-refractivity contribution in [2.75, 3.05) is 13.2 Å². The molecule has 0 fully saturated rings. The lowest BCUT2D eigenvalue weighted by Crippen LogP contribution is -2.33. The third-order valence-electron chi connectivity index (χ3n) is 3.63. The number of rotatable bonds is 5. The number of carbonyl (C=O) groups is 2. The van der Waals surface area contributed by atoms with Gasteiger partial charge in [0.2, 0.25) is 5.78 Å². The van der Waals surface area contributed by atoms with E-state index in [0.29, 0.717) is 10.4 Å². The fourth-order valence-corrected chi connectivity index (χ4v) is 3.33.